The van der Waals surface area contributed by atoms with E-state index in [0.717, 1.165) is 6.07 Å². The summed E-state index contributed by atoms with van der Waals surface area (Å²) >= 11 is 0. The lowest BCUT2D eigenvalue weighted by atomic mass is 10.1. The zero-order chi connectivity index (χ0) is 11.6. The molecule has 0 fully saturated rings. The van der Waals surface area contributed by atoms with Gasteiger partial charge in [-0.25, -0.2) is 8.78 Å². The van der Waals surface area contributed by atoms with Crippen molar-refractivity contribution in [3.05, 3.63) is 34.9 Å². The Morgan fingerprint density at radius 2 is 1.87 bits per heavy atom. The molecule has 1 N–H and O–H groups in total. The first kappa shape index (κ1) is 11.9. The van der Waals surface area contributed by atoms with Crippen LogP contribution < -0.4 is 0 Å². The van der Waals surface area contributed by atoms with Gasteiger partial charge in [-0.3, -0.25) is 0 Å². The highest BCUT2D eigenvalue weighted by Crippen LogP contribution is 2.29. The summed E-state index contributed by atoms with van der Waals surface area (Å²) in [4.78, 5) is 0. The second kappa shape index (κ2) is 4.16. The number of hydrogen-bond donors (Lipinski definition) is 1. The third-order valence-electron chi connectivity index (χ3n) is 1.79. The predicted octanol–water partition coefficient (Wildman–Crippen LogP) is 2.15. The molecule has 0 atom stereocenters. The van der Waals surface area contributed by atoms with Crippen molar-refractivity contribution >= 4 is 0 Å². The van der Waals surface area contributed by atoms with Crippen molar-refractivity contribution in [2.75, 3.05) is 7.11 Å². The fourth-order valence-corrected chi connectivity index (χ4v) is 1.09. The van der Waals surface area contributed by atoms with Crippen molar-refractivity contribution in [1.82, 2.24) is 0 Å². The minimum Gasteiger partial charge on any atom is -0.380 e. The number of aliphatic hydroxyl groups is 1. The molecule has 0 aliphatic heterocycles. The molecule has 1 aromatic rings. The standard InChI is InChI=1S/C9H8F4O2/c1-15-4-5-2-3-6(9(12,13)14)8(11)7(5)10/h2-3,14H,4H2,1H3. The third-order valence-corrected chi connectivity index (χ3v) is 1.79. The monoisotopic (exact) mass is 224 g/mol. The smallest absolute Gasteiger partial charge is 0.380 e. The minimum atomic E-state index is -4.39. The van der Waals surface area contributed by atoms with Gasteiger partial charge in [0.25, 0.3) is 0 Å². The zero-order valence-corrected chi connectivity index (χ0v) is 7.73. The molecule has 0 unspecified atom stereocenters. The summed E-state index contributed by atoms with van der Waals surface area (Å²) < 4.78 is 55.3. The van der Waals surface area contributed by atoms with Crippen LogP contribution in [-0.4, -0.2) is 12.2 Å². The van der Waals surface area contributed by atoms with Gasteiger partial charge in [-0.2, -0.15) is 8.78 Å². The van der Waals surface area contributed by atoms with Crippen LogP contribution in [0.3, 0.4) is 0 Å². The summed E-state index contributed by atoms with van der Waals surface area (Å²) in [6.07, 6.45) is -4.39. The molecule has 0 bridgehead atoms. The molecular weight excluding hydrogens is 216 g/mol. The van der Waals surface area contributed by atoms with E-state index < -0.39 is 23.3 Å². The first-order valence-corrected chi connectivity index (χ1v) is 3.94. The second-order valence-electron chi connectivity index (χ2n) is 2.87. The Hall–Kier alpha value is -1.14. The lowest BCUT2D eigenvalue weighted by Gasteiger charge is -2.12. The summed E-state index contributed by atoms with van der Waals surface area (Å²) in [7, 11) is 1.26. The molecule has 2 nitrogen and oxygen atoms in total. The molecule has 0 aromatic heterocycles. The average molecular weight is 224 g/mol. The van der Waals surface area contributed by atoms with E-state index in [0.29, 0.717) is 6.07 Å². The normalized spacial score (nSPS) is 11.9. The second-order valence-corrected chi connectivity index (χ2v) is 2.87. The quantitative estimate of drug-likeness (QED) is 0.797. The highest BCUT2D eigenvalue weighted by atomic mass is 19.3. The Morgan fingerprint density at radius 1 is 1.27 bits per heavy atom. The van der Waals surface area contributed by atoms with Crippen molar-refractivity contribution < 1.29 is 27.4 Å². The molecule has 1 aromatic carbocycles. The Kier molecular flexibility index (Phi) is 3.31. The van der Waals surface area contributed by atoms with Crippen LogP contribution in [0, 0.1) is 11.6 Å². The third kappa shape index (κ3) is 2.45. The van der Waals surface area contributed by atoms with Gasteiger partial charge >= 0.3 is 6.11 Å². The lowest BCUT2D eigenvalue weighted by molar-refractivity contribution is -0.210. The van der Waals surface area contributed by atoms with Gasteiger partial charge in [0.05, 0.1) is 12.2 Å². The fraction of sp³-hybridized carbons (Fsp3) is 0.333. The van der Waals surface area contributed by atoms with Crippen molar-refractivity contribution in [3.8, 4) is 0 Å². The molecule has 0 spiro atoms. The van der Waals surface area contributed by atoms with Gasteiger partial charge in [0.2, 0.25) is 0 Å². The molecule has 1 rings (SSSR count). The van der Waals surface area contributed by atoms with E-state index >= 15 is 0 Å². The molecule has 0 aliphatic rings. The Labute approximate surface area is 83.1 Å². The van der Waals surface area contributed by atoms with Crippen LogP contribution in [0.5, 0.6) is 0 Å². The Morgan fingerprint density at radius 3 is 2.33 bits per heavy atom. The highest BCUT2D eigenvalue weighted by Gasteiger charge is 2.33. The van der Waals surface area contributed by atoms with Gasteiger partial charge in [-0.1, -0.05) is 6.07 Å². The molecule has 0 radical (unpaired) electrons. The van der Waals surface area contributed by atoms with Crippen molar-refractivity contribution in [2.24, 2.45) is 0 Å². The summed E-state index contributed by atoms with van der Waals surface area (Å²) in [6, 6.07) is 1.55. The van der Waals surface area contributed by atoms with Gasteiger partial charge in [0.15, 0.2) is 11.6 Å². The topological polar surface area (TPSA) is 29.5 Å². The van der Waals surface area contributed by atoms with E-state index in [1.165, 1.54) is 7.11 Å². The van der Waals surface area contributed by atoms with E-state index in [1.54, 1.807) is 0 Å². The van der Waals surface area contributed by atoms with Crippen molar-refractivity contribution in [3.63, 3.8) is 0 Å². The van der Waals surface area contributed by atoms with Crippen LogP contribution in [-0.2, 0) is 17.5 Å². The molecule has 0 aliphatic carbocycles. The Balaban J connectivity index is 3.21. The predicted molar refractivity (Wildman–Crippen MR) is 43.2 cm³/mol. The summed E-state index contributed by atoms with van der Waals surface area (Å²) in [5, 5.41) is 8.24. The first-order chi connectivity index (χ1) is 6.88. The number of ether oxygens (including phenoxy) is 1. The van der Waals surface area contributed by atoms with Crippen LogP contribution in [0.2, 0.25) is 0 Å². The first-order valence-electron chi connectivity index (χ1n) is 3.94. The maximum atomic E-state index is 13.1. The van der Waals surface area contributed by atoms with Crippen LogP contribution in [0.1, 0.15) is 11.1 Å². The number of hydrogen-bond acceptors (Lipinski definition) is 2. The van der Waals surface area contributed by atoms with Gasteiger partial charge in [0.1, 0.15) is 0 Å². The molecule has 15 heavy (non-hydrogen) atoms. The summed E-state index contributed by atoms with van der Waals surface area (Å²) in [5.41, 5.74) is -1.58. The zero-order valence-electron chi connectivity index (χ0n) is 7.73. The summed E-state index contributed by atoms with van der Waals surface area (Å²) in [5.74, 6) is -3.21. The molecule has 6 heteroatoms. The van der Waals surface area contributed by atoms with Gasteiger partial charge in [-0.15, -0.1) is 0 Å². The van der Waals surface area contributed by atoms with E-state index in [9.17, 15) is 17.6 Å². The van der Waals surface area contributed by atoms with E-state index in [2.05, 4.69) is 4.74 Å². The average Bonchev–Trinajstić information content (AvgIpc) is 2.11. The SMILES string of the molecule is COCc1ccc(C(O)(F)F)c(F)c1F. The number of rotatable bonds is 3. The van der Waals surface area contributed by atoms with Crippen molar-refractivity contribution in [2.45, 2.75) is 12.7 Å². The molecule has 84 valence electrons. The maximum absolute atomic E-state index is 13.1. The highest BCUT2D eigenvalue weighted by molar-refractivity contribution is 5.27. The molecule has 0 saturated carbocycles. The van der Waals surface area contributed by atoms with E-state index in [1.807, 2.05) is 0 Å². The fourth-order valence-electron chi connectivity index (χ4n) is 1.09. The number of methoxy groups -OCH3 is 1. The molecule has 0 saturated heterocycles. The maximum Gasteiger partial charge on any atom is 0.383 e. The summed E-state index contributed by atoms with van der Waals surface area (Å²) in [6.45, 7) is -0.236. The van der Waals surface area contributed by atoms with Crippen LogP contribution in [0.4, 0.5) is 17.6 Å². The van der Waals surface area contributed by atoms with Crippen LogP contribution >= 0.6 is 0 Å². The van der Waals surface area contributed by atoms with Gasteiger partial charge in [-0.05, 0) is 6.07 Å². The van der Waals surface area contributed by atoms with E-state index in [-0.39, 0.29) is 12.2 Å². The van der Waals surface area contributed by atoms with Crippen molar-refractivity contribution in [1.29, 1.82) is 0 Å². The van der Waals surface area contributed by atoms with E-state index in [4.69, 9.17) is 5.11 Å². The number of halogens is 4. The van der Waals surface area contributed by atoms with Gasteiger partial charge < -0.3 is 9.84 Å². The van der Waals surface area contributed by atoms with Crippen LogP contribution in [0.15, 0.2) is 12.1 Å². The van der Waals surface area contributed by atoms with Gasteiger partial charge in [0, 0.05) is 12.7 Å². The lowest BCUT2D eigenvalue weighted by Crippen LogP contribution is -2.15. The largest absolute Gasteiger partial charge is 0.383 e. The molecular formula is C9H8F4O2. The minimum absolute atomic E-state index is 0.192. The molecule has 0 amide bonds. The Bertz CT molecular complexity index is 360. The van der Waals surface area contributed by atoms with Crippen LogP contribution in [0.25, 0.3) is 0 Å². The number of benzene rings is 1. The molecule has 0 heterocycles. The number of alkyl halides is 2.